The highest BCUT2D eigenvalue weighted by Gasteiger charge is 2.32. The summed E-state index contributed by atoms with van der Waals surface area (Å²) in [7, 11) is 0. The maximum absolute atomic E-state index is 12.6. The van der Waals surface area contributed by atoms with Crippen molar-refractivity contribution in [1.29, 1.82) is 0 Å². The Morgan fingerprint density at radius 2 is 1.92 bits per heavy atom. The highest BCUT2D eigenvalue weighted by molar-refractivity contribution is 6.23. The van der Waals surface area contributed by atoms with Crippen molar-refractivity contribution in [2.45, 2.75) is 25.8 Å². The van der Waals surface area contributed by atoms with E-state index in [9.17, 15) is 19.2 Å². The molecule has 0 saturated heterocycles. The van der Waals surface area contributed by atoms with Crippen LogP contribution in [0.15, 0.2) is 29.1 Å². The first kappa shape index (κ1) is 16.1. The fourth-order valence-electron chi connectivity index (χ4n) is 3.02. The molecule has 26 heavy (non-hydrogen) atoms. The number of nitrogen functional groups attached to an aromatic ring is 1. The number of carbonyl (C=O) groups is 3. The summed E-state index contributed by atoms with van der Waals surface area (Å²) < 4.78 is 1.15. The van der Waals surface area contributed by atoms with Gasteiger partial charge in [-0.25, -0.2) is 0 Å². The Hall–Kier alpha value is -3.42. The minimum absolute atomic E-state index is 0.0261. The Morgan fingerprint density at radius 1 is 1.19 bits per heavy atom. The molecule has 8 nitrogen and oxygen atoms in total. The largest absolute Gasteiger partial charge is 0.384 e. The smallest absolute Gasteiger partial charge is 0.262 e. The summed E-state index contributed by atoms with van der Waals surface area (Å²) in [5, 5.41) is 5.01. The Kier molecular flexibility index (Phi) is 3.43. The molecule has 0 bridgehead atoms. The number of fused-ring (bicyclic) bond motifs is 1. The summed E-state index contributed by atoms with van der Waals surface area (Å²) in [6.07, 6.45) is 1.93. The van der Waals surface area contributed by atoms with E-state index in [1.54, 1.807) is 25.1 Å². The van der Waals surface area contributed by atoms with Crippen molar-refractivity contribution in [3.8, 4) is 5.69 Å². The zero-order chi connectivity index (χ0) is 18.6. The second kappa shape index (κ2) is 5.55. The lowest BCUT2D eigenvalue weighted by atomic mass is 10.1. The molecule has 4 rings (SSSR count). The number of nitrogens with zero attached hydrogens (tertiary/aromatic N) is 1. The van der Waals surface area contributed by atoms with Crippen LogP contribution in [0.2, 0.25) is 0 Å². The van der Waals surface area contributed by atoms with E-state index in [4.69, 9.17) is 5.73 Å². The lowest BCUT2D eigenvalue weighted by molar-refractivity contribution is 0.0878. The first-order chi connectivity index (χ1) is 12.4. The quantitative estimate of drug-likeness (QED) is 0.694. The molecule has 132 valence electrons. The van der Waals surface area contributed by atoms with Crippen LogP contribution in [0.3, 0.4) is 0 Å². The van der Waals surface area contributed by atoms with Gasteiger partial charge >= 0.3 is 0 Å². The van der Waals surface area contributed by atoms with Gasteiger partial charge in [0.15, 0.2) is 0 Å². The SMILES string of the molecule is Cc1ccc(C(=O)NC2CC2)cc1-n1c(N)c2c(cc1=O)C(=O)NC2=O. The number of nitrogens with two attached hydrogens (primary N) is 1. The number of amides is 3. The van der Waals surface area contributed by atoms with E-state index in [1.165, 1.54) is 0 Å². The predicted octanol–water partition coefficient (Wildman–Crippen LogP) is 0.504. The molecule has 0 radical (unpaired) electrons. The van der Waals surface area contributed by atoms with Crippen molar-refractivity contribution in [3.05, 3.63) is 56.9 Å². The minimum Gasteiger partial charge on any atom is -0.384 e. The molecule has 0 spiro atoms. The highest BCUT2D eigenvalue weighted by atomic mass is 16.2. The Morgan fingerprint density at radius 3 is 2.62 bits per heavy atom. The molecule has 0 atom stereocenters. The lowest BCUT2D eigenvalue weighted by Gasteiger charge is -2.15. The average molecular weight is 352 g/mol. The van der Waals surface area contributed by atoms with Crippen molar-refractivity contribution in [3.63, 3.8) is 0 Å². The number of hydrogen-bond acceptors (Lipinski definition) is 5. The molecule has 4 N–H and O–H groups in total. The number of pyridine rings is 1. The molecule has 1 aliphatic heterocycles. The molecule has 1 fully saturated rings. The summed E-state index contributed by atoms with van der Waals surface area (Å²) in [5.41, 5.74) is 6.94. The third-order valence-corrected chi connectivity index (χ3v) is 4.58. The number of benzene rings is 1. The van der Waals surface area contributed by atoms with Gasteiger partial charge in [-0.2, -0.15) is 0 Å². The van der Waals surface area contributed by atoms with Gasteiger partial charge in [-0.05, 0) is 37.5 Å². The van der Waals surface area contributed by atoms with E-state index >= 15 is 0 Å². The van der Waals surface area contributed by atoms with Crippen molar-refractivity contribution >= 4 is 23.5 Å². The van der Waals surface area contributed by atoms with E-state index in [0.29, 0.717) is 16.8 Å². The Labute approximate surface area is 148 Å². The van der Waals surface area contributed by atoms with Gasteiger partial charge in [0.05, 0.1) is 16.8 Å². The molecular formula is C18H16N4O4. The molecule has 1 saturated carbocycles. The highest BCUT2D eigenvalue weighted by Crippen LogP contribution is 2.25. The molecule has 2 heterocycles. The number of nitrogens with one attached hydrogen (secondary N) is 2. The fourth-order valence-corrected chi connectivity index (χ4v) is 3.02. The first-order valence-corrected chi connectivity index (χ1v) is 8.20. The molecule has 1 aliphatic carbocycles. The molecule has 8 heteroatoms. The van der Waals surface area contributed by atoms with Gasteiger partial charge in [0.2, 0.25) is 0 Å². The average Bonchev–Trinajstić information content (AvgIpc) is 3.34. The minimum atomic E-state index is -0.643. The second-order valence-electron chi connectivity index (χ2n) is 6.52. The Bertz CT molecular complexity index is 1050. The molecule has 0 unspecified atom stereocenters. The van der Waals surface area contributed by atoms with Gasteiger partial charge in [-0.3, -0.25) is 29.1 Å². The van der Waals surface area contributed by atoms with Crippen LogP contribution in [0.4, 0.5) is 5.82 Å². The zero-order valence-electron chi connectivity index (χ0n) is 14.0. The van der Waals surface area contributed by atoms with Crippen molar-refractivity contribution in [2.24, 2.45) is 0 Å². The summed E-state index contributed by atoms with van der Waals surface area (Å²) in [4.78, 5) is 48.6. The first-order valence-electron chi connectivity index (χ1n) is 8.20. The number of anilines is 1. The van der Waals surface area contributed by atoms with Crippen molar-refractivity contribution in [1.82, 2.24) is 15.2 Å². The third-order valence-electron chi connectivity index (χ3n) is 4.58. The van der Waals surface area contributed by atoms with Gasteiger partial charge < -0.3 is 11.1 Å². The second-order valence-corrected chi connectivity index (χ2v) is 6.52. The van der Waals surface area contributed by atoms with Gasteiger partial charge in [0.25, 0.3) is 23.3 Å². The van der Waals surface area contributed by atoms with E-state index in [-0.39, 0.29) is 28.9 Å². The Balaban J connectivity index is 1.87. The molecular weight excluding hydrogens is 336 g/mol. The molecule has 2 aliphatic rings. The maximum Gasteiger partial charge on any atom is 0.262 e. The summed E-state index contributed by atoms with van der Waals surface area (Å²) in [5.74, 6) is -1.64. The van der Waals surface area contributed by atoms with E-state index in [0.717, 1.165) is 23.5 Å². The normalized spacial score (nSPS) is 15.6. The van der Waals surface area contributed by atoms with Crippen LogP contribution in [0.5, 0.6) is 0 Å². The number of carbonyl (C=O) groups excluding carboxylic acids is 3. The number of aryl methyl sites for hydroxylation is 1. The van der Waals surface area contributed by atoms with Crippen LogP contribution in [-0.4, -0.2) is 28.3 Å². The summed E-state index contributed by atoms with van der Waals surface area (Å²) in [6, 6.07) is 6.23. The van der Waals surface area contributed by atoms with Gasteiger partial charge in [0, 0.05) is 17.7 Å². The molecule has 1 aromatic carbocycles. The van der Waals surface area contributed by atoms with E-state index in [2.05, 4.69) is 10.6 Å². The van der Waals surface area contributed by atoms with Crippen LogP contribution in [0.1, 0.15) is 49.5 Å². The fraction of sp³-hybridized carbons (Fsp3) is 0.222. The lowest BCUT2D eigenvalue weighted by Crippen LogP contribution is -2.27. The van der Waals surface area contributed by atoms with Crippen LogP contribution < -0.4 is 21.9 Å². The van der Waals surface area contributed by atoms with Crippen LogP contribution in [0.25, 0.3) is 5.69 Å². The number of aromatic nitrogens is 1. The van der Waals surface area contributed by atoms with Crippen LogP contribution in [-0.2, 0) is 0 Å². The third kappa shape index (κ3) is 2.46. The summed E-state index contributed by atoms with van der Waals surface area (Å²) in [6.45, 7) is 1.77. The maximum atomic E-state index is 12.6. The molecule has 2 aromatic rings. The topological polar surface area (TPSA) is 123 Å². The van der Waals surface area contributed by atoms with Gasteiger partial charge in [-0.15, -0.1) is 0 Å². The number of imide groups is 1. The number of rotatable bonds is 3. The van der Waals surface area contributed by atoms with Gasteiger partial charge in [0.1, 0.15) is 5.82 Å². The molecule has 1 aromatic heterocycles. The monoisotopic (exact) mass is 352 g/mol. The predicted molar refractivity (Wildman–Crippen MR) is 93.5 cm³/mol. The van der Waals surface area contributed by atoms with Crippen molar-refractivity contribution in [2.75, 3.05) is 5.73 Å². The standard InChI is InChI=1S/C18H16N4O4/c1-8-2-3-9(16(24)20-10-4-5-10)6-12(8)22-13(23)7-11-14(15(22)19)18(26)21-17(11)25/h2-3,6-7,10H,4-5,19H2,1H3,(H,20,24)(H,21,25,26). The number of hydrogen-bond donors (Lipinski definition) is 3. The molecule has 3 amide bonds. The van der Waals surface area contributed by atoms with Crippen LogP contribution in [0, 0.1) is 6.92 Å². The van der Waals surface area contributed by atoms with Crippen molar-refractivity contribution < 1.29 is 14.4 Å². The van der Waals surface area contributed by atoms with Gasteiger partial charge in [-0.1, -0.05) is 6.07 Å². The summed E-state index contributed by atoms with van der Waals surface area (Å²) >= 11 is 0. The van der Waals surface area contributed by atoms with E-state index < -0.39 is 17.4 Å². The van der Waals surface area contributed by atoms with E-state index in [1.807, 2.05) is 0 Å². The zero-order valence-corrected chi connectivity index (χ0v) is 14.0. The van der Waals surface area contributed by atoms with Crippen LogP contribution >= 0.6 is 0 Å².